The Morgan fingerprint density at radius 1 is 0.389 bits per heavy atom. The van der Waals surface area contributed by atoms with E-state index in [-0.39, 0.29) is 0 Å². The Balaban J connectivity index is 0.966. The van der Waals surface area contributed by atoms with Crippen molar-refractivity contribution in [3.05, 3.63) is 198 Å². The van der Waals surface area contributed by atoms with Crippen molar-refractivity contribution < 1.29 is 9.36 Å². The number of nitrogens with zero attached hydrogens (tertiary/aromatic N) is 5. The molecule has 4 aliphatic carbocycles. The smallest absolute Gasteiger partial charge is 0.147 e. The molecule has 2 aromatic heterocycles. The minimum absolute atomic E-state index is 0.530. The lowest BCUT2D eigenvalue weighted by Crippen LogP contribution is -2.41. The van der Waals surface area contributed by atoms with Gasteiger partial charge in [0, 0.05) is 17.1 Å². The Morgan fingerprint density at radius 3 is 1.18 bits per heavy atom. The predicted octanol–water partition coefficient (Wildman–Crippen LogP) is 17.1. The van der Waals surface area contributed by atoms with Crippen molar-refractivity contribution in [3.8, 4) is 33.9 Å². The van der Waals surface area contributed by atoms with Crippen molar-refractivity contribution in [3.63, 3.8) is 0 Å². The normalized spacial score (nSPS) is 17.6. The number of rotatable bonds is 12. The Hall–Kier alpha value is -6.46. The summed E-state index contributed by atoms with van der Waals surface area (Å²) in [5, 5.41) is 0. The summed E-state index contributed by atoms with van der Waals surface area (Å²) >= 11 is 0. The summed E-state index contributed by atoms with van der Waals surface area (Å²) in [6.07, 6.45) is 37.9. The molecular weight excluding hydrogens is 875 g/mol. The van der Waals surface area contributed by atoms with Gasteiger partial charge in [0.2, 0.25) is 0 Å². The van der Waals surface area contributed by atoms with Gasteiger partial charge in [-0.15, -0.1) is 0 Å². The SMILES string of the molecule is Cc1cc(C2CCCCC2)c(-n2cc[c-][n+]2-c2cccc(N(c3ccccc3)c3cccc(-[n+]4[c-]ccn4-c4c(C5CCCCC5)cc(-c5ccccc5)cc4C4CCCCC4)c3)c2)c(C2CCCCC2)c1. The van der Waals surface area contributed by atoms with Crippen molar-refractivity contribution in [2.24, 2.45) is 0 Å². The number of hydrogen-bond acceptors (Lipinski definition) is 1. The van der Waals surface area contributed by atoms with Crippen LogP contribution in [0.15, 0.2) is 158 Å². The van der Waals surface area contributed by atoms with Gasteiger partial charge in [-0.1, -0.05) is 168 Å². The molecule has 8 aromatic rings. The van der Waals surface area contributed by atoms with Gasteiger partial charge in [-0.25, -0.2) is 0 Å². The van der Waals surface area contributed by atoms with Crippen LogP contribution < -0.4 is 14.3 Å². The first-order valence-corrected chi connectivity index (χ1v) is 28.1. The molecule has 0 radical (unpaired) electrons. The molecule has 4 saturated carbocycles. The highest BCUT2D eigenvalue weighted by Crippen LogP contribution is 2.46. The maximum atomic E-state index is 3.73. The second-order valence-electron chi connectivity index (χ2n) is 21.9. The van der Waals surface area contributed by atoms with E-state index in [0.29, 0.717) is 23.7 Å². The van der Waals surface area contributed by atoms with E-state index in [1.807, 2.05) is 0 Å². The summed E-state index contributed by atoms with van der Waals surface area (Å²) in [6, 6.07) is 54.8. The number of anilines is 3. The highest BCUT2D eigenvalue weighted by molar-refractivity contribution is 5.78. The van der Waals surface area contributed by atoms with Gasteiger partial charge >= 0.3 is 0 Å². The molecule has 0 aliphatic heterocycles. The monoisotopic (exact) mass is 948 g/mol. The number of aromatic nitrogens is 4. The molecule has 366 valence electrons. The van der Waals surface area contributed by atoms with Crippen LogP contribution in [0.5, 0.6) is 0 Å². The van der Waals surface area contributed by atoms with E-state index in [9.17, 15) is 0 Å². The van der Waals surface area contributed by atoms with Crippen LogP contribution in [-0.4, -0.2) is 9.36 Å². The summed E-state index contributed by atoms with van der Waals surface area (Å²) in [7, 11) is 0. The third-order valence-electron chi connectivity index (χ3n) is 17.2. The van der Waals surface area contributed by atoms with Gasteiger partial charge in [0.25, 0.3) is 0 Å². The van der Waals surface area contributed by atoms with Gasteiger partial charge in [-0.05, 0) is 188 Å². The van der Waals surface area contributed by atoms with Crippen LogP contribution in [0, 0.1) is 19.3 Å². The maximum Gasteiger partial charge on any atom is 0.147 e. The molecule has 0 N–H and O–H groups in total. The molecule has 0 amide bonds. The molecule has 12 rings (SSSR count). The minimum atomic E-state index is 0.530. The largest absolute Gasteiger partial charge is 0.312 e. The maximum absolute atomic E-state index is 3.73. The number of aryl methyl sites for hydroxylation is 1. The molecule has 5 nitrogen and oxygen atoms in total. The van der Waals surface area contributed by atoms with Crippen molar-refractivity contribution in [1.29, 1.82) is 0 Å². The zero-order valence-electron chi connectivity index (χ0n) is 42.7. The van der Waals surface area contributed by atoms with Gasteiger partial charge in [0.1, 0.15) is 23.8 Å². The lowest BCUT2D eigenvalue weighted by Gasteiger charge is -2.31. The molecule has 0 bridgehead atoms. The third-order valence-corrected chi connectivity index (χ3v) is 17.2. The van der Waals surface area contributed by atoms with E-state index in [2.05, 4.69) is 201 Å². The van der Waals surface area contributed by atoms with Crippen LogP contribution in [0.3, 0.4) is 0 Å². The summed E-state index contributed by atoms with van der Waals surface area (Å²) in [5.74, 6) is 2.23. The highest BCUT2D eigenvalue weighted by Gasteiger charge is 2.31. The molecule has 0 spiro atoms. The number of benzene rings is 6. The summed E-state index contributed by atoms with van der Waals surface area (Å²) in [5.41, 5.74) is 18.5. The predicted molar refractivity (Wildman–Crippen MR) is 294 cm³/mol. The van der Waals surface area contributed by atoms with Gasteiger partial charge in [0.05, 0.1) is 11.4 Å². The minimum Gasteiger partial charge on any atom is -0.312 e. The van der Waals surface area contributed by atoms with E-state index >= 15 is 0 Å². The van der Waals surface area contributed by atoms with Crippen molar-refractivity contribution in [2.45, 2.75) is 159 Å². The van der Waals surface area contributed by atoms with Crippen LogP contribution >= 0.6 is 0 Å². The Kier molecular flexibility index (Phi) is 13.8. The fourth-order valence-corrected chi connectivity index (χ4v) is 13.6. The van der Waals surface area contributed by atoms with Crippen molar-refractivity contribution in [2.75, 3.05) is 4.90 Å². The van der Waals surface area contributed by atoms with Gasteiger partial charge < -0.3 is 4.90 Å². The van der Waals surface area contributed by atoms with Crippen LogP contribution in [0.25, 0.3) is 33.9 Å². The first-order valence-electron chi connectivity index (χ1n) is 28.1. The summed E-state index contributed by atoms with van der Waals surface area (Å²) in [4.78, 5) is 2.43. The second-order valence-corrected chi connectivity index (χ2v) is 21.9. The molecular formula is C67H73N5. The van der Waals surface area contributed by atoms with Gasteiger partial charge in [-0.2, -0.15) is 18.7 Å². The van der Waals surface area contributed by atoms with Crippen LogP contribution in [0.1, 0.15) is 180 Å². The van der Waals surface area contributed by atoms with E-state index in [4.69, 9.17) is 0 Å². The van der Waals surface area contributed by atoms with Crippen LogP contribution in [-0.2, 0) is 0 Å². The molecule has 0 saturated heterocycles. The standard InChI is InChI=1S/C67H73N5/c1-50-44-62(52-26-10-3-11-27-52)66(63(45-50)53-28-12-4-13-29-53)70-42-22-40-68(70)58-36-20-38-60(48-58)72(57-34-18-7-19-35-57)61-39-21-37-59(49-61)69-41-23-43-71(69)67-64(54-30-14-5-15-31-54)46-56(51-24-8-2-9-25-51)47-65(67)55-32-16-6-17-33-55/h2,7-9,18-25,34-39,42-49,52-55H,3-6,10-17,26-33H2,1H3. The molecule has 2 heterocycles. The molecule has 0 unspecified atom stereocenters. The van der Waals surface area contributed by atoms with Crippen LogP contribution in [0.2, 0.25) is 0 Å². The lowest BCUT2D eigenvalue weighted by molar-refractivity contribution is -0.678. The van der Waals surface area contributed by atoms with Crippen LogP contribution in [0.4, 0.5) is 17.1 Å². The third kappa shape index (κ3) is 9.52. The molecule has 4 aliphatic rings. The molecule has 4 fully saturated rings. The quantitative estimate of drug-likeness (QED) is 0.0883. The Morgan fingerprint density at radius 2 is 0.764 bits per heavy atom. The second kappa shape index (κ2) is 21.3. The number of para-hydroxylation sites is 1. The van der Waals surface area contributed by atoms with E-state index in [1.54, 1.807) is 0 Å². The van der Waals surface area contributed by atoms with E-state index < -0.39 is 0 Å². The molecule has 6 aromatic carbocycles. The van der Waals surface area contributed by atoms with Gasteiger partial charge in [0.15, 0.2) is 0 Å². The summed E-state index contributed by atoms with van der Waals surface area (Å²) in [6.45, 7) is 2.33. The molecule has 0 atom stereocenters. The Labute approximate surface area is 429 Å². The van der Waals surface area contributed by atoms with Crippen molar-refractivity contribution in [1.82, 2.24) is 9.36 Å². The topological polar surface area (TPSA) is 20.9 Å². The van der Waals surface area contributed by atoms with Gasteiger partial charge in [-0.3, -0.25) is 0 Å². The highest BCUT2D eigenvalue weighted by atomic mass is 15.4. The Bertz CT molecular complexity index is 3000. The zero-order valence-corrected chi connectivity index (χ0v) is 42.7. The zero-order chi connectivity index (χ0) is 48.2. The lowest BCUT2D eigenvalue weighted by atomic mass is 9.77. The van der Waals surface area contributed by atoms with Crippen molar-refractivity contribution >= 4 is 17.1 Å². The molecule has 72 heavy (non-hydrogen) atoms. The van der Waals surface area contributed by atoms with E-state index in [0.717, 1.165) is 28.4 Å². The average Bonchev–Trinajstić information content (AvgIpc) is 4.16. The first kappa shape index (κ1) is 46.6. The number of hydrogen-bond donors (Lipinski definition) is 0. The fraction of sp³-hybridized carbons (Fsp3) is 0.373. The average molecular weight is 948 g/mol. The first-order chi connectivity index (χ1) is 35.6. The fourth-order valence-electron chi connectivity index (χ4n) is 13.6. The van der Waals surface area contributed by atoms with E-state index in [1.165, 1.54) is 179 Å². The molecule has 5 heteroatoms. The summed E-state index contributed by atoms with van der Waals surface area (Å²) < 4.78 is 9.51.